The monoisotopic (exact) mass is 260 g/mol. The smallest absolute Gasteiger partial charge is 0.157 e. The molecule has 0 radical (unpaired) electrons. The predicted molar refractivity (Wildman–Crippen MR) is 71.5 cm³/mol. The highest BCUT2D eigenvalue weighted by Crippen LogP contribution is 2.29. The van der Waals surface area contributed by atoms with Gasteiger partial charge in [-0.05, 0) is 31.5 Å². The van der Waals surface area contributed by atoms with Gasteiger partial charge in [0.2, 0.25) is 0 Å². The van der Waals surface area contributed by atoms with E-state index < -0.39 is 0 Å². The molecule has 0 saturated heterocycles. The van der Waals surface area contributed by atoms with Gasteiger partial charge in [0, 0.05) is 30.4 Å². The van der Waals surface area contributed by atoms with Crippen molar-refractivity contribution < 1.29 is 4.79 Å². The summed E-state index contributed by atoms with van der Waals surface area (Å²) >= 11 is 6.03. The Bertz CT molecular complexity index is 557. The van der Waals surface area contributed by atoms with Gasteiger partial charge in [-0.15, -0.1) is 0 Å². The lowest BCUT2D eigenvalue weighted by molar-refractivity contribution is -0.114. The van der Waals surface area contributed by atoms with E-state index in [2.05, 4.69) is 4.90 Å². The summed E-state index contributed by atoms with van der Waals surface area (Å²) < 4.78 is 0. The second-order valence-electron chi connectivity index (χ2n) is 4.12. The lowest BCUT2D eigenvalue weighted by Crippen LogP contribution is -2.20. The number of allylic oxidation sites excluding steroid dienone is 2. The van der Waals surface area contributed by atoms with E-state index in [-0.39, 0.29) is 5.78 Å². The Balaban J connectivity index is 2.34. The first-order valence-electron chi connectivity index (χ1n) is 5.86. The van der Waals surface area contributed by atoms with Crippen LogP contribution in [0.1, 0.15) is 25.3 Å². The molecule has 0 atom stereocenters. The molecule has 1 aliphatic rings. The topological polar surface area (TPSA) is 44.1 Å². The molecule has 0 amide bonds. The largest absolute Gasteiger partial charge is 0.345 e. The normalized spacial score (nSPS) is 14.3. The van der Waals surface area contributed by atoms with Gasteiger partial charge in [-0.25, -0.2) is 0 Å². The number of halogens is 1. The van der Waals surface area contributed by atoms with Crippen molar-refractivity contribution in [3.63, 3.8) is 0 Å². The van der Waals surface area contributed by atoms with Crippen LogP contribution >= 0.6 is 11.6 Å². The van der Waals surface area contributed by atoms with Gasteiger partial charge in [-0.2, -0.15) is 5.26 Å². The quantitative estimate of drug-likeness (QED) is 0.838. The summed E-state index contributed by atoms with van der Waals surface area (Å²) in [6, 6.07) is 7.37. The number of anilines is 1. The summed E-state index contributed by atoms with van der Waals surface area (Å²) in [7, 11) is 0. The molecule has 3 nitrogen and oxygen atoms in total. The Hall–Kier alpha value is -1.79. The van der Waals surface area contributed by atoms with Crippen molar-refractivity contribution in [1.82, 2.24) is 0 Å². The number of benzene rings is 1. The molecule has 2 rings (SSSR count). The molecule has 0 heterocycles. The number of carbonyl (C=O) groups excluding carboxylic acids is 1. The van der Waals surface area contributed by atoms with Crippen LogP contribution in [-0.4, -0.2) is 12.3 Å². The maximum absolute atomic E-state index is 11.3. The Morgan fingerprint density at radius 1 is 1.44 bits per heavy atom. The molecule has 1 aromatic carbocycles. The number of hydrogen-bond donors (Lipinski definition) is 0. The molecule has 0 bridgehead atoms. The second kappa shape index (κ2) is 5.24. The van der Waals surface area contributed by atoms with E-state index >= 15 is 0 Å². The molecule has 0 aromatic heterocycles. The molecule has 1 aliphatic carbocycles. The molecule has 18 heavy (non-hydrogen) atoms. The molecule has 0 aliphatic heterocycles. The Labute approximate surface area is 111 Å². The van der Waals surface area contributed by atoms with Crippen LogP contribution < -0.4 is 4.90 Å². The Morgan fingerprint density at radius 2 is 2.22 bits per heavy atom. The van der Waals surface area contributed by atoms with Crippen molar-refractivity contribution in [2.45, 2.75) is 19.8 Å². The van der Waals surface area contributed by atoms with E-state index in [1.54, 1.807) is 18.2 Å². The maximum atomic E-state index is 11.3. The Kier molecular flexibility index (Phi) is 3.69. The van der Waals surface area contributed by atoms with Crippen LogP contribution in [0, 0.1) is 11.3 Å². The zero-order chi connectivity index (χ0) is 13.1. The standard InChI is InChI=1S/C14H13ClN2O/c1-2-17(11-5-6-13(18)7-11)12-4-3-10(9-16)14(15)8-12/h3-4,7-8H,2,5-6H2,1H3. The zero-order valence-corrected chi connectivity index (χ0v) is 10.9. The SMILES string of the molecule is CCN(C1=CC(=O)CC1)c1ccc(C#N)c(Cl)c1. The first-order valence-corrected chi connectivity index (χ1v) is 6.24. The maximum Gasteiger partial charge on any atom is 0.157 e. The first-order chi connectivity index (χ1) is 8.65. The number of nitriles is 1. The van der Waals surface area contributed by atoms with E-state index in [0.717, 1.165) is 24.4 Å². The fraction of sp³-hybridized carbons (Fsp3) is 0.286. The number of carbonyl (C=O) groups is 1. The van der Waals surface area contributed by atoms with Crippen LogP contribution in [0.5, 0.6) is 0 Å². The van der Waals surface area contributed by atoms with Crippen molar-refractivity contribution in [2.24, 2.45) is 0 Å². The summed E-state index contributed by atoms with van der Waals surface area (Å²) in [6.07, 6.45) is 3.04. The van der Waals surface area contributed by atoms with Crippen LogP contribution in [0.2, 0.25) is 5.02 Å². The molecule has 0 N–H and O–H groups in total. The van der Waals surface area contributed by atoms with E-state index in [4.69, 9.17) is 16.9 Å². The van der Waals surface area contributed by atoms with Crippen molar-refractivity contribution in [3.05, 3.63) is 40.6 Å². The Morgan fingerprint density at radius 3 is 2.72 bits per heavy atom. The van der Waals surface area contributed by atoms with Crippen LogP contribution in [0.25, 0.3) is 0 Å². The summed E-state index contributed by atoms with van der Waals surface area (Å²) in [5, 5.41) is 9.29. The summed E-state index contributed by atoms with van der Waals surface area (Å²) in [5.74, 6) is 0.170. The third kappa shape index (κ3) is 2.39. The highest BCUT2D eigenvalue weighted by atomic mass is 35.5. The number of ketones is 1. The third-order valence-electron chi connectivity index (χ3n) is 3.00. The van der Waals surface area contributed by atoms with Gasteiger partial charge in [-0.1, -0.05) is 11.6 Å². The van der Waals surface area contributed by atoms with E-state index in [1.165, 1.54) is 0 Å². The van der Waals surface area contributed by atoms with Gasteiger partial charge in [0.1, 0.15) is 6.07 Å². The van der Waals surface area contributed by atoms with Crippen LogP contribution in [0.15, 0.2) is 30.0 Å². The zero-order valence-electron chi connectivity index (χ0n) is 10.1. The van der Waals surface area contributed by atoms with Gasteiger partial charge in [-0.3, -0.25) is 4.79 Å². The van der Waals surface area contributed by atoms with Gasteiger partial charge in [0.05, 0.1) is 10.6 Å². The second-order valence-corrected chi connectivity index (χ2v) is 4.53. The molecule has 92 valence electrons. The summed E-state index contributed by atoms with van der Waals surface area (Å²) in [4.78, 5) is 13.4. The molecule has 0 fully saturated rings. The minimum atomic E-state index is 0.170. The minimum Gasteiger partial charge on any atom is -0.345 e. The van der Waals surface area contributed by atoms with Crippen molar-refractivity contribution in [3.8, 4) is 6.07 Å². The van der Waals surface area contributed by atoms with Crippen molar-refractivity contribution in [1.29, 1.82) is 5.26 Å². The molecular formula is C14H13ClN2O. The summed E-state index contributed by atoms with van der Waals surface area (Å²) in [6.45, 7) is 2.79. The fourth-order valence-corrected chi connectivity index (χ4v) is 2.33. The molecule has 0 unspecified atom stereocenters. The number of nitrogens with zero attached hydrogens (tertiary/aromatic N) is 2. The summed E-state index contributed by atoms with van der Waals surface area (Å²) in [5.41, 5.74) is 2.40. The van der Waals surface area contributed by atoms with Crippen molar-refractivity contribution >= 4 is 23.1 Å². The molecule has 0 spiro atoms. The predicted octanol–water partition coefficient (Wildman–Crippen LogP) is 3.28. The number of rotatable bonds is 3. The van der Waals surface area contributed by atoms with E-state index in [0.29, 0.717) is 17.0 Å². The van der Waals surface area contributed by atoms with Gasteiger partial charge in [0.15, 0.2) is 5.78 Å². The van der Waals surface area contributed by atoms with Crippen LogP contribution in [0.4, 0.5) is 5.69 Å². The number of hydrogen-bond acceptors (Lipinski definition) is 3. The van der Waals surface area contributed by atoms with Gasteiger partial charge >= 0.3 is 0 Å². The highest BCUT2D eigenvalue weighted by molar-refractivity contribution is 6.32. The molecule has 0 saturated carbocycles. The lowest BCUT2D eigenvalue weighted by Gasteiger charge is -2.24. The first kappa shape index (κ1) is 12.7. The lowest BCUT2D eigenvalue weighted by atomic mass is 10.2. The molecule has 1 aromatic rings. The third-order valence-corrected chi connectivity index (χ3v) is 3.32. The van der Waals surface area contributed by atoms with Crippen molar-refractivity contribution in [2.75, 3.05) is 11.4 Å². The van der Waals surface area contributed by atoms with Crippen LogP contribution in [0.3, 0.4) is 0 Å². The average Bonchev–Trinajstić information content (AvgIpc) is 2.77. The highest BCUT2D eigenvalue weighted by Gasteiger charge is 2.18. The van der Waals surface area contributed by atoms with E-state index in [9.17, 15) is 4.79 Å². The molecule has 4 heteroatoms. The van der Waals surface area contributed by atoms with Gasteiger partial charge < -0.3 is 4.90 Å². The van der Waals surface area contributed by atoms with Crippen LogP contribution in [-0.2, 0) is 4.79 Å². The molecular weight excluding hydrogens is 248 g/mol. The fourth-order valence-electron chi connectivity index (χ4n) is 2.11. The minimum absolute atomic E-state index is 0.170. The van der Waals surface area contributed by atoms with E-state index in [1.807, 2.05) is 19.1 Å². The van der Waals surface area contributed by atoms with Gasteiger partial charge in [0.25, 0.3) is 0 Å². The average molecular weight is 261 g/mol.